The van der Waals surface area contributed by atoms with Crippen LogP contribution in [0, 0.1) is 40.7 Å². The average molecular weight is 1070 g/mol. The van der Waals surface area contributed by atoms with Gasteiger partial charge < -0.3 is 43.7 Å². The lowest BCUT2D eigenvalue weighted by Gasteiger charge is -2.47. The molecular weight excluding hydrogens is 999 g/mol. The predicted octanol–water partition coefficient (Wildman–Crippen LogP) is 8.39. The van der Waals surface area contributed by atoms with Crippen molar-refractivity contribution in [2.75, 3.05) is 109 Å². The van der Waals surface area contributed by atoms with Crippen molar-refractivity contribution >= 4 is 51.0 Å². The molecule has 1 atom stereocenters. The molecule has 0 unspecified atom stereocenters. The highest BCUT2D eigenvalue weighted by Gasteiger charge is 2.46. The van der Waals surface area contributed by atoms with E-state index in [2.05, 4.69) is 21.0 Å². The second-order valence-electron chi connectivity index (χ2n) is 23.1. The summed E-state index contributed by atoms with van der Waals surface area (Å²) in [7, 11) is 3.03. The molecule has 6 aliphatic rings. The van der Waals surface area contributed by atoms with E-state index in [0.29, 0.717) is 95.4 Å². The first-order valence-electron chi connectivity index (χ1n) is 27.6. The van der Waals surface area contributed by atoms with Crippen LogP contribution in [0.3, 0.4) is 0 Å². The van der Waals surface area contributed by atoms with Crippen LogP contribution in [-0.2, 0) is 9.53 Å². The highest BCUT2D eigenvalue weighted by molar-refractivity contribution is 6.07. The van der Waals surface area contributed by atoms with E-state index in [1.165, 1.54) is 50.9 Å². The zero-order chi connectivity index (χ0) is 54.3. The fourth-order valence-corrected chi connectivity index (χ4v) is 12.9. The summed E-state index contributed by atoms with van der Waals surface area (Å²) in [6, 6.07) is 14.4. The van der Waals surface area contributed by atoms with Crippen molar-refractivity contribution in [2.45, 2.75) is 83.2 Å². The molecule has 4 aliphatic heterocycles. The number of urea groups is 1. The van der Waals surface area contributed by atoms with E-state index in [1.54, 1.807) is 55.5 Å². The first-order valence-corrected chi connectivity index (χ1v) is 27.6. The Morgan fingerprint density at radius 2 is 1.63 bits per heavy atom. The SMILES string of the molecule is C#Cc1c(F)ccc2cc(OCOC)cc(-c3ccc4c(N5CCC[C@@](C)(O)C5)nc(OCC5(CN6CCN(CC7CCC8(CC7)CCN(C(=O)c7ccc(OC)c(N9CCC(=O)NC9=O)c7)CC8)CC6)CC5)nc4c3F)c12. The van der Waals surface area contributed by atoms with Crippen molar-refractivity contribution in [2.24, 2.45) is 16.7 Å². The van der Waals surface area contributed by atoms with Gasteiger partial charge in [-0.25, -0.2) is 13.6 Å². The van der Waals surface area contributed by atoms with E-state index in [9.17, 15) is 19.5 Å². The number of rotatable bonds is 15. The van der Waals surface area contributed by atoms with Gasteiger partial charge in [0, 0.05) is 113 Å². The summed E-state index contributed by atoms with van der Waals surface area (Å²) in [4.78, 5) is 58.5. The molecule has 0 radical (unpaired) electrons. The van der Waals surface area contributed by atoms with Gasteiger partial charge in [0.15, 0.2) is 12.6 Å². The van der Waals surface area contributed by atoms with Crippen molar-refractivity contribution in [1.82, 2.24) is 30.0 Å². The first kappa shape index (κ1) is 53.4. The zero-order valence-corrected chi connectivity index (χ0v) is 45.0. The van der Waals surface area contributed by atoms with Gasteiger partial charge in [-0.3, -0.25) is 19.8 Å². The minimum atomic E-state index is -0.966. The van der Waals surface area contributed by atoms with Crippen molar-refractivity contribution < 1.29 is 47.2 Å². The van der Waals surface area contributed by atoms with Crippen LogP contribution < -0.4 is 29.3 Å². The fourth-order valence-electron chi connectivity index (χ4n) is 12.9. The Morgan fingerprint density at radius 1 is 0.859 bits per heavy atom. The highest BCUT2D eigenvalue weighted by atomic mass is 19.1. The normalized spacial score (nSPS) is 21.9. The second kappa shape index (κ2) is 21.9. The third-order valence-corrected chi connectivity index (χ3v) is 17.6. The number of aromatic nitrogens is 2. The molecule has 11 rings (SSSR count). The summed E-state index contributed by atoms with van der Waals surface area (Å²) in [6.07, 6.45) is 16.1. The number of nitrogens with one attached hydrogen (secondary N) is 1. The quantitative estimate of drug-likeness (QED) is 0.0761. The summed E-state index contributed by atoms with van der Waals surface area (Å²) in [6.45, 7) is 10.6. The molecule has 0 bridgehead atoms. The van der Waals surface area contributed by atoms with Crippen LogP contribution in [0.2, 0.25) is 0 Å². The van der Waals surface area contributed by atoms with E-state index in [0.717, 1.165) is 71.4 Å². The largest absolute Gasteiger partial charge is 0.495 e. The standard InChI is InChI=1S/C60H70F2N8O8/c1-5-43-47(61)11-7-40-31-42(78-38-75-3)33-46(51(40)43)44-9-10-45-53(52(44)62)64-56(65-54(45)69-23-6-16-58(2,74)35-69)77-37-60(19-20-60)36-67-29-27-66(28-30-67)34-39-13-17-59(18-14-39)21-25-68(26-22-59)55(72)41-8-12-49(76-4)48(32-41)70-24-15-50(71)63-57(70)73/h1,7-12,31-33,39,74H,6,13-30,34-38H2,2-4H3,(H,63,71,73)/t58-/m1/s1. The van der Waals surface area contributed by atoms with Crippen LogP contribution >= 0.6 is 0 Å². The summed E-state index contributed by atoms with van der Waals surface area (Å²) in [5.74, 6) is 2.88. The lowest BCUT2D eigenvalue weighted by Crippen LogP contribution is -2.50. The van der Waals surface area contributed by atoms with Crippen LogP contribution in [-0.4, -0.2) is 153 Å². The number of imide groups is 1. The maximum Gasteiger partial charge on any atom is 0.328 e. The van der Waals surface area contributed by atoms with Gasteiger partial charge in [0.25, 0.3) is 5.91 Å². The van der Waals surface area contributed by atoms with Gasteiger partial charge in [-0.2, -0.15) is 9.97 Å². The average Bonchev–Trinajstić information content (AvgIpc) is 4.21. The minimum Gasteiger partial charge on any atom is -0.495 e. The summed E-state index contributed by atoms with van der Waals surface area (Å²) in [5.41, 5.74) is 0.773. The topological polar surface area (TPSA) is 162 Å². The number of ether oxygens (including phenoxy) is 4. The Morgan fingerprint density at radius 3 is 2.33 bits per heavy atom. The third kappa shape index (κ3) is 11.0. The maximum atomic E-state index is 17.4. The minimum absolute atomic E-state index is 0.0141. The Hall–Kier alpha value is -6.65. The van der Waals surface area contributed by atoms with Crippen LogP contribution in [0.15, 0.2) is 54.6 Å². The molecular formula is C60H70F2N8O8. The molecule has 6 fully saturated rings. The van der Waals surface area contributed by atoms with Crippen molar-refractivity contribution in [3.8, 4) is 41.0 Å². The van der Waals surface area contributed by atoms with Gasteiger partial charge in [-0.1, -0.05) is 18.1 Å². The molecule has 412 valence electrons. The molecule has 4 aromatic carbocycles. The molecule has 4 saturated heterocycles. The number of carbonyl (C=O) groups excluding carboxylic acids is 3. The number of fused-ring (bicyclic) bond motifs is 2. The molecule has 2 saturated carbocycles. The number of aliphatic hydroxyl groups is 1. The number of anilines is 2. The molecule has 1 aromatic heterocycles. The molecule has 1 spiro atoms. The van der Waals surface area contributed by atoms with Gasteiger partial charge in [0.2, 0.25) is 5.91 Å². The Labute approximate surface area is 454 Å². The third-order valence-electron chi connectivity index (χ3n) is 17.6. The fraction of sp³-hybridized carbons (Fsp3) is 0.517. The van der Waals surface area contributed by atoms with Gasteiger partial charge in [0.1, 0.15) is 28.7 Å². The van der Waals surface area contributed by atoms with Crippen LogP contribution in [0.25, 0.3) is 32.8 Å². The van der Waals surface area contributed by atoms with Gasteiger partial charge in [-0.15, -0.1) is 6.42 Å². The van der Waals surface area contributed by atoms with E-state index in [1.807, 2.05) is 9.80 Å². The smallest absolute Gasteiger partial charge is 0.328 e. The number of benzene rings is 4. The number of carbonyl (C=O) groups is 3. The first-order chi connectivity index (χ1) is 37.6. The molecule has 16 nitrogen and oxygen atoms in total. The highest BCUT2D eigenvalue weighted by Crippen LogP contribution is 2.49. The molecule has 4 amide bonds. The van der Waals surface area contributed by atoms with Crippen LogP contribution in [0.1, 0.15) is 93.5 Å². The summed E-state index contributed by atoms with van der Waals surface area (Å²) in [5, 5.41) is 15.0. The number of amides is 4. The Kier molecular flexibility index (Phi) is 15.0. The number of piperidine rings is 2. The van der Waals surface area contributed by atoms with Gasteiger partial charge >= 0.3 is 12.0 Å². The molecule has 5 heterocycles. The zero-order valence-electron chi connectivity index (χ0n) is 45.0. The number of hydrogen-bond donors (Lipinski definition) is 2. The Balaban J connectivity index is 0.707. The summed E-state index contributed by atoms with van der Waals surface area (Å²) >= 11 is 0. The Bertz CT molecular complexity index is 3150. The molecule has 2 aliphatic carbocycles. The number of piperazine rings is 1. The van der Waals surface area contributed by atoms with Crippen molar-refractivity contribution in [3.05, 3.63) is 77.4 Å². The van der Waals surface area contributed by atoms with E-state index >= 15 is 8.78 Å². The lowest BCUT2D eigenvalue weighted by atomic mass is 9.65. The lowest BCUT2D eigenvalue weighted by molar-refractivity contribution is -0.120. The van der Waals surface area contributed by atoms with Crippen molar-refractivity contribution in [1.29, 1.82) is 0 Å². The number of terminal acetylenes is 1. The number of likely N-dealkylation sites (tertiary alicyclic amines) is 1. The van der Waals surface area contributed by atoms with E-state index < -0.39 is 23.3 Å². The number of methoxy groups -OCH3 is 2. The van der Waals surface area contributed by atoms with Gasteiger partial charge in [-0.05, 0) is 136 Å². The van der Waals surface area contributed by atoms with Crippen molar-refractivity contribution in [3.63, 3.8) is 0 Å². The molecule has 5 aromatic rings. The second-order valence-corrected chi connectivity index (χ2v) is 23.1. The molecule has 2 N–H and O–H groups in total. The predicted molar refractivity (Wildman–Crippen MR) is 293 cm³/mol. The number of β-amino-alcohol motifs (C(OH)–C–C–N with tert-alkyl or cyclic N) is 1. The van der Waals surface area contributed by atoms with Crippen LogP contribution in [0.4, 0.5) is 25.1 Å². The number of halogens is 2. The maximum absolute atomic E-state index is 17.4. The van der Waals surface area contributed by atoms with Gasteiger partial charge in [0.05, 0.1) is 30.6 Å². The van der Waals surface area contributed by atoms with E-state index in [-0.39, 0.29) is 65.1 Å². The molecule has 78 heavy (non-hydrogen) atoms. The summed E-state index contributed by atoms with van der Waals surface area (Å²) < 4.78 is 55.7. The number of nitrogens with zero attached hydrogens (tertiary/aromatic N) is 7. The number of hydrogen-bond acceptors (Lipinski definition) is 13. The molecule has 18 heteroatoms. The monoisotopic (exact) mass is 1070 g/mol. The van der Waals surface area contributed by atoms with Crippen LogP contribution in [0.5, 0.6) is 17.5 Å². The van der Waals surface area contributed by atoms with E-state index in [4.69, 9.17) is 35.3 Å².